The maximum absolute atomic E-state index is 12.7. The summed E-state index contributed by atoms with van der Waals surface area (Å²) in [5, 5.41) is 33.4. The lowest BCUT2D eigenvalue weighted by Gasteiger charge is -2.43. The number of aromatic hydroxyl groups is 1. The Hall–Kier alpha value is -1.59. The van der Waals surface area contributed by atoms with Gasteiger partial charge in [-0.25, -0.2) is 0 Å². The summed E-state index contributed by atoms with van der Waals surface area (Å²) in [4.78, 5) is 12.7. The van der Waals surface area contributed by atoms with Crippen LogP contribution >= 0.6 is 0 Å². The number of rotatable bonds is 5. The average Bonchev–Trinajstić information content (AvgIpc) is 2.51. The highest BCUT2D eigenvalue weighted by molar-refractivity contribution is 5.85. The predicted octanol–water partition coefficient (Wildman–Crippen LogP) is 2.37. The summed E-state index contributed by atoms with van der Waals surface area (Å²) in [5.41, 5.74) is -0.857. The van der Waals surface area contributed by atoms with E-state index in [1.165, 1.54) is 12.1 Å². The Morgan fingerprint density at radius 3 is 2.71 bits per heavy atom. The van der Waals surface area contributed by atoms with Crippen molar-refractivity contribution in [1.82, 2.24) is 5.32 Å². The molecule has 0 radical (unpaired) electrons. The van der Waals surface area contributed by atoms with Crippen molar-refractivity contribution in [2.75, 3.05) is 6.54 Å². The maximum Gasteiger partial charge on any atom is 0.252 e. The summed E-state index contributed by atoms with van der Waals surface area (Å²) < 4.78 is 0. The molecule has 0 aliphatic heterocycles. The second kappa shape index (κ2) is 7.53. The number of amides is 1. The molecule has 1 aliphatic carbocycles. The molecule has 5 heteroatoms. The van der Waals surface area contributed by atoms with E-state index < -0.39 is 17.6 Å². The molecule has 24 heavy (non-hydrogen) atoms. The fraction of sp³-hybridized carbons (Fsp3) is 0.632. The molecule has 1 saturated carbocycles. The van der Waals surface area contributed by atoms with Crippen LogP contribution in [0.25, 0.3) is 0 Å². The summed E-state index contributed by atoms with van der Waals surface area (Å²) in [7, 11) is 0. The SMILES string of the molecule is CC1CCC(C(C)C)C(O)(C(=O)NC[C@@H](O)c2cccc(O)c2)C1. The van der Waals surface area contributed by atoms with Crippen LogP contribution < -0.4 is 5.32 Å². The van der Waals surface area contributed by atoms with Crippen LogP contribution in [0.4, 0.5) is 0 Å². The molecule has 4 atom stereocenters. The van der Waals surface area contributed by atoms with Crippen molar-refractivity contribution in [3.8, 4) is 5.75 Å². The fourth-order valence-electron chi connectivity index (χ4n) is 3.83. The number of carbonyl (C=O) groups excluding carboxylic acids is 1. The van der Waals surface area contributed by atoms with E-state index in [4.69, 9.17) is 0 Å². The van der Waals surface area contributed by atoms with E-state index in [1.807, 2.05) is 13.8 Å². The number of phenols is 1. The first kappa shape index (κ1) is 18.7. The van der Waals surface area contributed by atoms with Gasteiger partial charge in [-0.05, 0) is 48.3 Å². The smallest absolute Gasteiger partial charge is 0.252 e. The zero-order valence-corrected chi connectivity index (χ0v) is 14.7. The van der Waals surface area contributed by atoms with Crippen molar-refractivity contribution in [2.24, 2.45) is 17.8 Å². The monoisotopic (exact) mass is 335 g/mol. The minimum atomic E-state index is -1.38. The maximum atomic E-state index is 12.7. The zero-order valence-electron chi connectivity index (χ0n) is 14.7. The fourth-order valence-corrected chi connectivity index (χ4v) is 3.83. The van der Waals surface area contributed by atoms with Gasteiger partial charge in [-0.2, -0.15) is 0 Å². The lowest BCUT2D eigenvalue weighted by atomic mass is 9.66. The van der Waals surface area contributed by atoms with Gasteiger partial charge >= 0.3 is 0 Å². The molecule has 1 aromatic carbocycles. The number of aliphatic hydroxyl groups excluding tert-OH is 1. The highest BCUT2D eigenvalue weighted by Crippen LogP contribution is 2.41. The second-order valence-electron chi connectivity index (χ2n) is 7.48. The Kier molecular flexibility index (Phi) is 5.88. The Labute approximate surface area is 143 Å². The average molecular weight is 335 g/mol. The summed E-state index contributed by atoms with van der Waals surface area (Å²) in [6, 6.07) is 6.31. The molecule has 0 heterocycles. The number of hydrogen-bond donors (Lipinski definition) is 4. The zero-order chi connectivity index (χ0) is 17.9. The largest absolute Gasteiger partial charge is 0.508 e. The van der Waals surface area contributed by atoms with Crippen molar-refractivity contribution < 1.29 is 20.1 Å². The lowest BCUT2D eigenvalue weighted by Crippen LogP contribution is -2.56. The normalized spacial score (nSPS) is 28.6. The van der Waals surface area contributed by atoms with Gasteiger partial charge in [0.15, 0.2) is 0 Å². The van der Waals surface area contributed by atoms with Crippen molar-refractivity contribution in [1.29, 1.82) is 0 Å². The van der Waals surface area contributed by atoms with Gasteiger partial charge in [-0.15, -0.1) is 0 Å². The Morgan fingerprint density at radius 1 is 1.38 bits per heavy atom. The Bertz CT molecular complexity index is 574. The van der Waals surface area contributed by atoms with Crippen LogP contribution in [-0.4, -0.2) is 33.4 Å². The van der Waals surface area contributed by atoms with Crippen LogP contribution in [0.15, 0.2) is 24.3 Å². The van der Waals surface area contributed by atoms with Gasteiger partial charge in [0, 0.05) is 6.54 Å². The van der Waals surface area contributed by atoms with E-state index in [0.717, 1.165) is 12.8 Å². The molecule has 134 valence electrons. The first-order valence-electron chi connectivity index (χ1n) is 8.71. The summed E-state index contributed by atoms with van der Waals surface area (Å²) in [6.45, 7) is 6.11. The van der Waals surface area contributed by atoms with Crippen LogP contribution in [0.1, 0.15) is 51.7 Å². The molecule has 2 rings (SSSR count). The van der Waals surface area contributed by atoms with Crippen LogP contribution in [-0.2, 0) is 4.79 Å². The predicted molar refractivity (Wildman–Crippen MR) is 92.4 cm³/mol. The molecule has 3 unspecified atom stereocenters. The second-order valence-corrected chi connectivity index (χ2v) is 7.48. The van der Waals surface area contributed by atoms with Gasteiger partial charge in [0.1, 0.15) is 11.4 Å². The first-order valence-corrected chi connectivity index (χ1v) is 8.71. The first-order chi connectivity index (χ1) is 11.2. The van der Waals surface area contributed by atoms with Crippen molar-refractivity contribution in [3.63, 3.8) is 0 Å². The molecule has 4 N–H and O–H groups in total. The molecule has 1 fully saturated rings. The van der Waals surface area contributed by atoms with Gasteiger partial charge in [0.2, 0.25) is 0 Å². The third-order valence-electron chi connectivity index (χ3n) is 5.15. The highest BCUT2D eigenvalue weighted by Gasteiger charge is 2.48. The lowest BCUT2D eigenvalue weighted by molar-refractivity contribution is -0.156. The van der Waals surface area contributed by atoms with Gasteiger partial charge in [-0.1, -0.05) is 39.3 Å². The number of benzene rings is 1. The van der Waals surface area contributed by atoms with Gasteiger partial charge in [0.05, 0.1) is 6.10 Å². The Balaban J connectivity index is 2.04. The molecule has 0 saturated heterocycles. The van der Waals surface area contributed by atoms with E-state index in [1.54, 1.807) is 12.1 Å². The Morgan fingerprint density at radius 2 is 2.08 bits per heavy atom. The van der Waals surface area contributed by atoms with E-state index >= 15 is 0 Å². The van der Waals surface area contributed by atoms with Gasteiger partial charge in [-0.3, -0.25) is 4.79 Å². The number of hydrogen-bond acceptors (Lipinski definition) is 4. The molecular weight excluding hydrogens is 306 g/mol. The third kappa shape index (κ3) is 4.08. The topological polar surface area (TPSA) is 89.8 Å². The molecule has 0 aromatic heterocycles. The van der Waals surface area contributed by atoms with Crippen LogP contribution in [0.2, 0.25) is 0 Å². The van der Waals surface area contributed by atoms with Crippen LogP contribution in [0, 0.1) is 17.8 Å². The molecule has 0 bridgehead atoms. The van der Waals surface area contributed by atoms with Crippen molar-refractivity contribution in [3.05, 3.63) is 29.8 Å². The van der Waals surface area contributed by atoms with Crippen molar-refractivity contribution in [2.45, 2.75) is 51.7 Å². The van der Waals surface area contributed by atoms with E-state index in [2.05, 4.69) is 12.2 Å². The van der Waals surface area contributed by atoms with Crippen molar-refractivity contribution >= 4 is 5.91 Å². The minimum absolute atomic E-state index is 0.00376. The van der Waals surface area contributed by atoms with Gasteiger partial charge in [0.25, 0.3) is 5.91 Å². The standard InChI is InChI=1S/C19H29NO4/c1-12(2)16-8-7-13(3)10-19(16,24)18(23)20-11-17(22)14-5-4-6-15(21)9-14/h4-6,9,12-13,16-17,21-22,24H,7-8,10-11H2,1-3H3,(H,20,23)/t13?,16?,17-,19?/m1/s1. The van der Waals surface area contributed by atoms with Crippen LogP contribution in [0.3, 0.4) is 0 Å². The molecule has 1 aliphatic rings. The summed E-state index contributed by atoms with van der Waals surface area (Å²) in [6.07, 6.45) is 1.37. The molecule has 0 spiro atoms. The molecular formula is C19H29NO4. The van der Waals surface area contributed by atoms with Gasteiger partial charge < -0.3 is 20.6 Å². The molecule has 5 nitrogen and oxygen atoms in total. The molecule has 1 aromatic rings. The quantitative estimate of drug-likeness (QED) is 0.665. The highest BCUT2D eigenvalue weighted by atomic mass is 16.3. The number of carbonyl (C=O) groups is 1. The van der Waals surface area contributed by atoms with Crippen LogP contribution in [0.5, 0.6) is 5.75 Å². The molecule has 1 amide bonds. The third-order valence-corrected chi connectivity index (χ3v) is 5.15. The van der Waals surface area contributed by atoms with E-state index in [-0.39, 0.29) is 24.1 Å². The number of phenolic OH excluding ortho intramolecular Hbond substituents is 1. The van der Waals surface area contributed by atoms with E-state index in [0.29, 0.717) is 17.9 Å². The minimum Gasteiger partial charge on any atom is -0.508 e. The number of aliphatic hydroxyl groups is 2. The summed E-state index contributed by atoms with van der Waals surface area (Å²) >= 11 is 0. The van der Waals surface area contributed by atoms with E-state index in [9.17, 15) is 20.1 Å². The summed E-state index contributed by atoms with van der Waals surface area (Å²) in [5.74, 6) is 0.0898. The number of nitrogens with one attached hydrogen (secondary N) is 1.